The summed E-state index contributed by atoms with van der Waals surface area (Å²) in [6.07, 6.45) is 14.2. The van der Waals surface area contributed by atoms with Crippen molar-refractivity contribution in [2.24, 2.45) is 0 Å². The molecule has 696 valence electrons. The molecule has 1 N–H and O–H groups in total. The van der Waals surface area contributed by atoms with Crippen molar-refractivity contribution in [3.63, 3.8) is 0 Å². The van der Waals surface area contributed by atoms with Crippen molar-refractivity contribution in [1.29, 1.82) is 0 Å². The van der Waals surface area contributed by atoms with Gasteiger partial charge in [0.1, 0.15) is 0 Å². The van der Waals surface area contributed by atoms with Crippen molar-refractivity contribution in [2.75, 3.05) is 0 Å². The van der Waals surface area contributed by atoms with Gasteiger partial charge in [0.2, 0.25) is 0 Å². The molecule has 0 saturated carbocycles. The number of pyridine rings is 7. The van der Waals surface area contributed by atoms with E-state index in [0.29, 0.717) is 0 Å². The minimum atomic E-state index is -1.33. The number of carbonyl (C=O) groups excluding carboxylic acids is 1. The summed E-state index contributed by atoms with van der Waals surface area (Å²) in [6.45, 7) is 33.2. The smallest absolute Gasteiger partial charge is 0.155 e. The van der Waals surface area contributed by atoms with Crippen molar-refractivity contribution in [3.8, 4) is 123 Å². The Hall–Kier alpha value is -11.9. The molecule has 9 nitrogen and oxygen atoms in total. The van der Waals surface area contributed by atoms with E-state index in [0.717, 1.165) is 78.8 Å². The first-order valence-electron chi connectivity index (χ1n) is 44.3. The van der Waals surface area contributed by atoms with E-state index in [4.69, 9.17) is 5.11 Å². The maximum absolute atomic E-state index is 10.0. The number of aliphatic hydroxyl groups is 1. The van der Waals surface area contributed by atoms with Crippen molar-refractivity contribution in [2.45, 2.75) is 99.3 Å². The van der Waals surface area contributed by atoms with E-state index >= 15 is 0 Å². The molecular weight excluding hydrogens is 2440 g/mol. The predicted octanol–water partition coefficient (Wildman–Crippen LogP) is 28.0. The van der Waals surface area contributed by atoms with Gasteiger partial charge in [-0.3, -0.25) is 4.79 Å². The maximum atomic E-state index is 10.0. The molecule has 7 aromatic heterocycles. The van der Waals surface area contributed by atoms with Crippen molar-refractivity contribution in [3.05, 3.63) is 467 Å². The largest absolute Gasteiger partial charge is 0.512 e. The number of aromatic nitrogens is 7. The number of allylic oxidation sites excluding steroid dienone is 2. The molecule has 0 atom stereocenters. The number of carbonyl (C=O) groups is 1. The van der Waals surface area contributed by atoms with Gasteiger partial charge in [0.15, 0.2) is 5.78 Å². The van der Waals surface area contributed by atoms with E-state index in [1.54, 1.807) is 18.6 Å². The van der Waals surface area contributed by atoms with E-state index in [2.05, 4.69) is 345 Å². The third-order valence-electron chi connectivity index (χ3n) is 20.9. The number of nitrogens with zero attached hydrogens (tertiary/aromatic N) is 7. The summed E-state index contributed by atoms with van der Waals surface area (Å²) in [5.41, 5.74) is 25.0. The molecule has 0 saturated heterocycles. The van der Waals surface area contributed by atoms with E-state index < -0.39 is 32.3 Å². The third-order valence-corrected chi connectivity index (χ3v) is 29.1. The fourth-order valence-electron chi connectivity index (χ4n) is 13.4. The van der Waals surface area contributed by atoms with E-state index in [9.17, 15) is 4.79 Å². The van der Waals surface area contributed by atoms with E-state index in [-0.39, 0.29) is 92.0 Å². The molecule has 0 spiro atoms. The van der Waals surface area contributed by atoms with Crippen LogP contribution in [0.15, 0.2) is 419 Å². The molecular formula is C119H114Ir4N7O2Si4-7. The standard InChI is InChI=1S/C21H22NSi.3C20H20NSi.3C11H8N.C5H8O2.4Ir/c1-16-8-13-21(22-15-16)19-7-5-6-18(14-19)17-9-11-20(12-10-17)23(2,3)4;1-22(2,3)19-12-10-16(11-13-19)17-7-6-8-18(15-17)20-9-4-5-14-21-20;1-22(2,3)19-12-13-21-20(15-19)18-11-7-10-17(14-18)16-8-5-4-6-9-16;1-22(2,3)19-13-14-20(21-15-19)18-11-9-17(10-12-18)16-7-5-4-6-8-16;3*1-2-6-10(7-3-1)11-8-4-5-9-12-11;1-4(6)3-5(2)7;;;;/h5-6,8-15H,1-4H3;4-7,9-15H,1-3H3;4-10,12-15H,1-3H3;4-11,13-15H,1-3H3;3*1-6,8-9H;3,6H,1-2H3;;;;/q7*-1;;;;;. The summed E-state index contributed by atoms with van der Waals surface area (Å²) in [6, 6.07) is 146. The van der Waals surface area contributed by atoms with E-state index in [1.807, 2.05) is 207 Å². The summed E-state index contributed by atoms with van der Waals surface area (Å²) in [5, 5.41) is 14.2. The van der Waals surface area contributed by atoms with Crippen LogP contribution in [0.3, 0.4) is 0 Å². The topological polar surface area (TPSA) is 128 Å². The van der Waals surface area contributed by atoms with Crippen LogP contribution in [-0.4, -0.2) is 78.1 Å². The van der Waals surface area contributed by atoms with Gasteiger partial charge in [-0.15, -0.1) is 244 Å². The van der Waals surface area contributed by atoms with Crippen LogP contribution in [0.5, 0.6) is 0 Å². The Morgan fingerprint density at radius 1 is 0.250 bits per heavy atom. The first kappa shape index (κ1) is 111. The summed E-state index contributed by atoms with van der Waals surface area (Å²) >= 11 is 0. The molecule has 11 aromatic carbocycles. The van der Waals surface area contributed by atoms with Crippen LogP contribution >= 0.6 is 0 Å². The fourth-order valence-corrected chi connectivity index (χ4v) is 18.0. The van der Waals surface area contributed by atoms with Crippen LogP contribution in [0.25, 0.3) is 123 Å². The monoisotopic (exact) mass is 2560 g/mol. The molecule has 0 unspecified atom stereocenters. The molecule has 0 aliphatic heterocycles. The first-order chi connectivity index (χ1) is 63.6. The predicted molar refractivity (Wildman–Crippen MR) is 565 cm³/mol. The van der Waals surface area contributed by atoms with Crippen LogP contribution in [0, 0.1) is 49.4 Å². The molecule has 17 heteroatoms. The van der Waals surface area contributed by atoms with Crippen LogP contribution in [0.1, 0.15) is 19.4 Å². The molecule has 0 bridgehead atoms. The Kier molecular flexibility index (Phi) is 45.8. The second-order valence-corrected chi connectivity index (χ2v) is 55.8. The Morgan fingerprint density at radius 2 is 0.559 bits per heavy atom. The van der Waals surface area contributed by atoms with Gasteiger partial charge in [0, 0.05) is 130 Å². The van der Waals surface area contributed by atoms with Gasteiger partial charge in [-0.25, -0.2) is 0 Å². The zero-order valence-corrected chi connectivity index (χ0v) is 93.2. The average molecular weight is 2560 g/mol. The van der Waals surface area contributed by atoms with Crippen LogP contribution in [0.2, 0.25) is 78.6 Å². The molecule has 0 amide bonds. The maximum Gasteiger partial charge on any atom is 0.155 e. The molecule has 0 aliphatic rings. The normalized spacial score (nSPS) is 10.6. The molecule has 4 radical (unpaired) electrons. The van der Waals surface area contributed by atoms with Crippen LogP contribution in [0.4, 0.5) is 0 Å². The second kappa shape index (κ2) is 56.0. The Balaban J connectivity index is 0.000000215. The quantitative estimate of drug-likeness (QED) is 0.0435. The minimum Gasteiger partial charge on any atom is -0.512 e. The first-order valence-corrected chi connectivity index (χ1v) is 58.3. The number of aryl methyl sites for hydroxylation is 1. The summed E-state index contributed by atoms with van der Waals surface area (Å²) in [4.78, 5) is 40.7. The Bertz CT molecular complexity index is 6240. The van der Waals surface area contributed by atoms with Gasteiger partial charge in [0.25, 0.3) is 0 Å². The Morgan fingerprint density at radius 3 is 0.875 bits per heavy atom. The molecule has 136 heavy (non-hydrogen) atoms. The van der Waals surface area contributed by atoms with Crippen molar-refractivity contribution >= 4 is 58.8 Å². The fraction of sp³-hybridized carbons (Fsp3) is 0.126. The number of hydrogen-bond acceptors (Lipinski definition) is 9. The number of aliphatic hydroxyl groups excluding tert-OH is 1. The van der Waals surface area contributed by atoms with Crippen LogP contribution in [-0.2, 0) is 85.2 Å². The van der Waals surface area contributed by atoms with Crippen molar-refractivity contribution in [1.82, 2.24) is 34.9 Å². The molecule has 18 aromatic rings. The molecule has 18 rings (SSSR count). The molecule has 0 aliphatic carbocycles. The summed E-state index contributed by atoms with van der Waals surface area (Å²) in [5.74, 6) is -0.0625. The summed E-state index contributed by atoms with van der Waals surface area (Å²) in [7, 11) is -5.09. The van der Waals surface area contributed by atoms with Crippen molar-refractivity contribution < 1.29 is 90.3 Å². The van der Waals surface area contributed by atoms with Gasteiger partial charge in [-0.2, -0.15) is 0 Å². The summed E-state index contributed by atoms with van der Waals surface area (Å²) < 4.78 is 0. The van der Waals surface area contributed by atoms with Gasteiger partial charge in [0.05, 0.1) is 38.1 Å². The third kappa shape index (κ3) is 36.3. The number of rotatable bonds is 16. The minimum absolute atomic E-state index is 0. The number of ketones is 1. The van der Waals surface area contributed by atoms with Gasteiger partial charge >= 0.3 is 0 Å². The molecule has 7 heterocycles. The SMILES string of the molecule is CC(=O)C=C(C)O.C[Si](C)(C)c1ccc(-c2[c-]cc(-c3ccccc3)cc2)nc1.C[Si](C)(C)c1ccc(-c2cc[c-]c(-c3ccccn3)c2)cc1.C[Si](C)(C)c1ccnc(-c2[c-]ccc(-c3ccccc3)c2)c1.Cc1ccc(-c2[c-]ccc(-c3ccc([Si](C)(C)C)cc3)c2)nc1.[Ir].[Ir].[Ir].[Ir].[c-]1ccccc1-c1ccccn1.[c-]1ccccc1-c1ccccn1.[c-]1ccccc1-c1ccccn1. The number of benzene rings is 11. The molecule has 0 fully saturated rings. The second-order valence-electron chi connectivity index (χ2n) is 35.5. The number of hydrogen-bond donors (Lipinski definition) is 1. The van der Waals surface area contributed by atoms with Gasteiger partial charge in [-0.05, 0) is 118 Å². The Labute approximate surface area is 865 Å². The van der Waals surface area contributed by atoms with Crippen LogP contribution < -0.4 is 20.7 Å². The zero-order valence-electron chi connectivity index (χ0n) is 79.6. The zero-order chi connectivity index (χ0) is 93.7. The average Bonchev–Trinajstić information content (AvgIpc) is 0.800. The van der Waals surface area contributed by atoms with Gasteiger partial charge < -0.3 is 40.0 Å². The van der Waals surface area contributed by atoms with Gasteiger partial charge in [-0.1, -0.05) is 293 Å². The van der Waals surface area contributed by atoms with E-state index in [1.165, 1.54) is 90.7 Å².